The summed E-state index contributed by atoms with van der Waals surface area (Å²) in [7, 11) is 0. The molecule has 0 unspecified atom stereocenters. The molecule has 10 nitrogen and oxygen atoms in total. The van der Waals surface area contributed by atoms with Crippen molar-refractivity contribution in [2.24, 2.45) is 17.6 Å². The molecule has 0 fully saturated rings. The van der Waals surface area contributed by atoms with Crippen LogP contribution in [0.3, 0.4) is 0 Å². The van der Waals surface area contributed by atoms with Crippen LogP contribution in [0.1, 0.15) is 66.4 Å². The summed E-state index contributed by atoms with van der Waals surface area (Å²) in [5.41, 5.74) is 6.55. The molecule has 0 aliphatic heterocycles. The lowest BCUT2D eigenvalue weighted by molar-refractivity contribution is -0.148. The molecule has 0 aliphatic rings. The van der Waals surface area contributed by atoms with E-state index in [0.717, 1.165) is 19.3 Å². The number of ether oxygens (including phenoxy) is 5. The smallest absolute Gasteiger partial charge is 0.461 e. The van der Waals surface area contributed by atoms with Gasteiger partial charge in [0.1, 0.15) is 18.8 Å². The molecule has 1 aromatic rings. The average Bonchev–Trinajstić information content (AvgIpc) is 2.81. The quantitative estimate of drug-likeness (QED) is 0.223. The summed E-state index contributed by atoms with van der Waals surface area (Å²) in [4.78, 5) is 48.1. The van der Waals surface area contributed by atoms with Crippen molar-refractivity contribution < 1.29 is 42.9 Å². The van der Waals surface area contributed by atoms with Gasteiger partial charge in [0.2, 0.25) is 0 Å². The van der Waals surface area contributed by atoms with Gasteiger partial charge < -0.3 is 29.4 Å². The Morgan fingerprint density at radius 2 is 1.44 bits per heavy atom. The number of carbonyl (C=O) groups is 4. The second-order valence-corrected chi connectivity index (χ2v) is 9.11. The Labute approximate surface area is 212 Å². The molecule has 0 radical (unpaired) electrons. The summed E-state index contributed by atoms with van der Waals surface area (Å²) >= 11 is 0. The zero-order valence-corrected chi connectivity index (χ0v) is 22.0. The lowest BCUT2D eigenvalue weighted by Gasteiger charge is -2.17. The lowest BCUT2D eigenvalue weighted by atomic mass is 10.1. The molecule has 0 heterocycles. The van der Waals surface area contributed by atoms with Crippen molar-refractivity contribution in [3.63, 3.8) is 0 Å². The molecule has 2 atom stereocenters. The number of rotatable bonds is 14. The molecular weight excluding hydrogens is 470 g/mol. The Balaban J connectivity index is 2.71. The molecule has 0 bridgehead atoms. The SMILES string of the molecule is CCCCCOC(=O)O[C@@H](C)COC(=O)[C@@H](N)Cc1ccc(OC(=O)C(C)C)c(OC(=O)C(C)C)c1. The van der Waals surface area contributed by atoms with Gasteiger partial charge >= 0.3 is 24.1 Å². The van der Waals surface area contributed by atoms with Gasteiger partial charge in [0.15, 0.2) is 11.5 Å². The summed E-state index contributed by atoms with van der Waals surface area (Å²) in [6, 6.07) is 3.56. The molecule has 0 saturated carbocycles. The van der Waals surface area contributed by atoms with Crippen molar-refractivity contribution in [3.05, 3.63) is 23.8 Å². The van der Waals surface area contributed by atoms with Crippen LogP contribution >= 0.6 is 0 Å². The van der Waals surface area contributed by atoms with Crippen LogP contribution in [0.2, 0.25) is 0 Å². The number of unbranched alkanes of at least 4 members (excludes halogenated alkanes) is 2. The highest BCUT2D eigenvalue weighted by Gasteiger charge is 2.22. The molecule has 1 aromatic carbocycles. The topological polar surface area (TPSA) is 140 Å². The molecule has 0 saturated heterocycles. The monoisotopic (exact) mass is 509 g/mol. The van der Waals surface area contributed by atoms with Crippen LogP contribution in [0.5, 0.6) is 11.5 Å². The van der Waals surface area contributed by atoms with E-state index >= 15 is 0 Å². The van der Waals surface area contributed by atoms with Gasteiger partial charge in [-0.15, -0.1) is 0 Å². The van der Waals surface area contributed by atoms with E-state index in [0.29, 0.717) is 5.56 Å². The Bertz CT molecular complexity index is 882. The van der Waals surface area contributed by atoms with Crippen molar-refractivity contribution in [2.75, 3.05) is 13.2 Å². The Morgan fingerprint density at radius 3 is 2.03 bits per heavy atom. The van der Waals surface area contributed by atoms with E-state index in [4.69, 9.17) is 29.4 Å². The van der Waals surface area contributed by atoms with Crippen molar-refractivity contribution in [1.29, 1.82) is 0 Å². The van der Waals surface area contributed by atoms with Crippen LogP contribution in [-0.4, -0.2) is 49.4 Å². The fraction of sp³-hybridized carbons (Fsp3) is 0.615. The minimum atomic E-state index is -1.03. The predicted molar refractivity (Wildman–Crippen MR) is 131 cm³/mol. The standard InChI is InChI=1S/C26H39NO9/c1-7-8-9-12-32-26(31)34-18(6)15-33-25(30)20(27)13-19-10-11-21(35-23(28)16(2)3)22(14-19)36-24(29)17(4)5/h10-11,14,16-18,20H,7-9,12-13,15,27H2,1-6H3/t18-,20-/m0/s1. The van der Waals surface area contributed by atoms with Gasteiger partial charge in [-0.3, -0.25) is 14.4 Å². The highest BCUT2D eigenvalue weighted by atomic mass is 16.7. The highest BCUT2D eigenvalue weighted by Crippen LogP contribution is 2.30. The highest BCUT2D eigenvalue weighted by molar-refractivity contribution is 5.78. The first-order valence-electron chi connectivity index (χ1n) is 12.3. The maximum atomic E-state index is 12.3. The van der Waals surface area contributed by atoms with Gasteiger partial charge in [-0.05, 0) is 37.5 Å². The van der Waals surface area contributed by atoms with Gasteiger partial charge in [-0.1, -0.05) is 53.5 Å². The Hall–Kier alpha value is -3.14. The number of carbonyl (C=O) groups excluding carboxylic acids is 4. The van der Waals surface area contributed by atoms with Gasteiger partial charge in [0, 0.05) is 0 Å². The van der Waals surface area contributed by atoms with E-state index < -0.39 is 42.1 Å². The molecule has 0 amide bonds. The molecule has 2 N–H and O–H groups in total. The molecule has 202 valence electrons. The number of hydrogen-bond donors (Lipinski definition) is 1. The first-order valence-corrected chi connectivity index (χ1v) is 12.3. The first kappa shape index (κ1) is 30.9. The van der Waals surface area contributed by atoms with E-state index in [9.17, 15) is 19.2 Å². The zero-order valence-electron chi connectivity index (χ0n) is 22.0. The molecule has 10 heteroatoms. The van der Waals surface area contributed by atoms with Crippen LogP contribution in [-0.2, 0) is 35.0 Å². The van der Waals surface area contributed by atoms with Crippen molar-refractivity contribution in [1.82, 2.24) is 0 Å². The van der Waals surface area contributed by atoms with E-state index in [2.05, 4.69) is 0 Å². The fourth-order valence-corrected chi connectivity index (χ4v) is 2.68. The van der Waals surface area contributed by atoms with Gasteiger partial charge in [-0.2, -0.15) is 0 Å². The summed E-state index contributed by atoms with van der Waals surface area (Å²) < 4.78 is 25.9. The number of hydrogen-bond acceptors (Lipinski definition) is 10. The maximum absolute atomic E-state index is 12.3. The zero-order chi connectivity index (χ0) is 27.3. The van der Waals surface area contributed by atoms with E-state index in [-0.39, 0.29) is 37.1 Å². The minimum absolute atomic E-state index is 0.0558. The number of nitrogens with two attached hydrogens (primary N) is 1. The third-order valence-corrected chi connectivity index (χ3v) is 4.86. The normalized spacial score (nSPS) is 12.6. The second kappa shape index (κ2) is 15.8. The van der Waals surface area contributed by atoms with Gasteiger partial charge in [0.25, 0.3) is 0 Å². The summed E-state index contributed by atoms with van der Waals surface area (Å²) in [6.45, 7) is 10.4. The average molecular weight is 510 g/mol. The van der Waals surface area contributed by atoms with E-state index in [1.807, 2.05) is 6.92 Å². The Morgan fingerprint density at radius 1 is 0.833 bits per heavy atom. The molecule has 1 rings (SSSR count). The molecule has 0 spiro atoms. The van der Waals surface area contributed by atoms with Gasteiger partial charge in [0.05, 0.1) is 18.4 Å². The number of benzene rings is 1. The van der Waals surface area contributed by atoms with Crippen LogP contribution in [0.15, 0.2) is 18.2 Å². The molecule has 36 heavy (non-hydrogen) atoms. The Kier molecular flexibility index (Phi) is 13.5. The van der Waals surface area contributed by atoms with Crippen LogP contribution < -0.4 is 15.2 Å². The van der Waals surface area contributed by atoms with Crippen LogP contribution in [0.25, 0.3) is 0 Å². The third kappa shape index (κ3) is 11.5. The van der Waals surface area contributed by atoms with Crippen LogP contribution in [0.4, 0.5) is 4.79 Å². The third-order valence-electron chi connectivity index (χ3n) is 4.86. The second-order valence-electron chi connectivity index (χ2n) is 9.11. The molecule has 0 aliphatic carbocycles. The van der Waals surface area contributed by atoms with Crippen molar-refractivity contribution in [2.45, 2.75) is 79.4 Å². The van der Waals surface area contributed by atoms with Gasteiger partial charge in [-0.25, -0.2) is 4.79 Å². The summed E-state index contributed by atoms with van der Waals surface area (Å²) in [6.07, 6.45) is 1.25. The predicted octanol–water partition coefficient (Wildman–Crippen LogP) is 3.95. The van der Waals surface area contributed by atoms with E-state index in [1.165, 1.54) is 12.1 Å². The summed E-state index contributed by atoms with van der Waals surface area (Å²) in [5, 5.41) is 0. The maximum Gasteiger partial charge on any atom is 0.508 e. The minimum Gasteiger partial charge on any atom is -0.461 e. The lowest BCUT2D eigenvalue weighted by Crippen LogP contribution is -2.36. The number of esters is 3. The van der Waals surface area contributed by atoms with Crippen LogP contribution in [0, 0.1) is 11.8 Å². The molecular formula is C26H39NO9. The first-order chi connectivity index (χ1) is 16.9. The van der Waals surface area contributed by atoms with E-state index in [1.54, 1.807) is 40.7 Å². The summed E-state index contributed by atoms with van der Waals surface area (Å²) in [5.74, 6) is -2.32. The van der Waals surface area contributed by atoms with Crippen molar-refractivity contribution in [3.8, 4) is 11.5 Å². The van der Waals surface area contributed by atoms with Crippen molar-refractivity contribution >= 4 is 24.1 Å². The fourth-order valence-electron chi connectivity index (χ4n) is 2.68. The largest absolute Gasteiger partial charge is 0.508 e. The molecule has 0 aromatic heterocycles.